The van der Waals surface area contributed by atoms with E-state index in [9.17, 15) is 14.0 Å². The molecule has 1 aromatic heterocycles. The monoisotopic (exact) mass is 574 g/mol. The number of halogens is 2. The maximum atomic E-state index is 14.1. The molecule has 8 heteroatoms. The van der Waals surface area contributed by atoms with Crippen LogP contribution in [0.2, 0.25) is 0 Å². The molecule has 1 unspecified atom stereocenters. The van der Waals surface area contributed by atoms with Crippen molar-refractivity contribution >= 4 is 39.2 Å². The molecule has 1 N–H and O–H groups in total. The average molecular weight is 575 g/mol. The number of hydrogen-bond donors (Lipinski definition) is 1. The van der Waals surface area contributed by atoms with Gasteiger partial charge >= 0.3 is 6.03 Å². The number of anilines is 2. The third-order valence-electron chi connectivity index (χ3n) is 6.64. The van der Waals surface area contributed by atoms with Crippen molar-refractivity contribution in [1.29, 1.82) is 0 Å². The lowest BCUT2D eigenvalue weighted by Crippen LogP contribution is -2.48. The van der Waals surface area contributed by atoms with E-state index in [1.54, 1.807) is 21.9 Å². The summed E-state index contributed by atoms with van der Waals surface area (Å²) in [6.07, 6.45) is 3.61. The second-order valence-electron chi connectivity index (χ2n) is 9.23. The van der Waals surface area contributed by atoms with E-state index >= 15 is 0 Å². The van der Waals surface area contributed by atoms with Gasteiger partial charge in [0.25, 0.3) is 0 Å². The molecule has 4 aromatic rings. The quantitative estimate of drug-likeness (QED) is 0.255. The number of urea groups is 1. The Balaban J connectivity index is 1.50. The van der Waals surface area contributed by atoms with E-state index in [2.05, 4.69) is 25.8 Å². The molecule has 0 saturated heterocycles. The van der Waals surface area contributed by atoms with E-state index in [1.807, 2.05) is 73.8 Å². The first-order valence-electron chi connectivity index (χ1n) is 12.6. The predicted octanol–water partition coefficient (Wildman–Crippen LogP) is 7.15. The number of rotatable bonds is 7. The van der Waals surface area contributed by atoms with Crippen LogP contribution in [0.25, 0.3) is 5.69 Å². The number of para-hydroxylation sites is 2. The Morgan fingerprint density at radius 1 is 0.974 bits per heavy atom. The summed E-state index contributed by atoms with van der Waals surface area (Å²) in [5, 5.41) is 2.92. The molecule has 3 amide bonds. The van der Waals surface area contributed by atoms with Crippen LogP contribution < -0.4 is 10.2 Å². The van der Waals surface area contributed by atoms with Gasteiger partial charge in [0.1, 0.15) is 18.4 Å². The van der Waals surface area contributed by atoms with E-state index in [1.165, 1.54) is 12.1 Å². The molecule has 0 saturated carbocycles. The number of nitrogens with zero attached hydrogens (tertiary/aromatic N) is 3. The molecule has 38 heavy (non-hydrogen) atoms. The van der Waals surface area contributed by atoms with Gasteiger partial charge in [0.05, 0.1) is 17.1 Å². The molecule has 0 spiro atoms. The minimum Gasteiger partial charge on any atom is -0.316 e. The molecule has 0 aliphatic carbocycles. The highest BCUT2D eigenvalue weighted by Gasteiger charge is 2.37. The van der Waals surface area contributed by atoms with Crippen molar-refractivity contribution < 1.29 is 14.0 Å². The fourth-order valence-corrected chi connectivity index (χ4v) is 5.23. The second-order valence-corrected chi connectivity index (χ2v) is 10.1. The summed E-state index contributed by atoms with van der Waals surface area (Å²) >= 11 is 3.43. The molecule has 194 valence electrons. The lowest BCUT2D eigenvalue weighted by Gasteiger charge is -2.39. The Morgan fingerprint density at radius 3 is 2.47 bits per heavy atom. The fraction of sp³-hybridized carbons (Fsp3) is 0.200. The minimum atomic E-state index is -0.478. The highest BCUT2D eigenvalue weighted by molar-refractivity contribution is 9.10. The van der Waals surface area contributed by atoms with Gasteiger partial charge in [-0.2, -0.15) is 0 Å². The SMILES string of the molecule is CCCCN(CC(=O)N1c2ccccc2-n2cccc2C1c1ccc(F)cc1)C(=O)Nc1cccc(Br)c1. The molecule has 1 atom stereocenters. The molecule has 5 rings (SSSR count). The minimum absolute atomic E-state index is 0.105. The highest BCUT2D eigenvalue weighted by Crippen LogP contribution is 2.42. The van der Waals surface area contributed by atoms with Crippen LogP contribution in [0.1, 0.15) is 37.1 Å². The first kappa shape index (κ1) is 25.7. The normalized spacial score (nSPS) is 14.0. The summed E-state index contributed by atoms with van der Waals surface area (Å²) in [5.41, 5.74) is 3.93. The van der Waals surface area contributed by atoms with Crippen molar-refractivity contribution in [1.82, 2.24) is 9.47 Å². The van der Waals surface area contributed by atoms with E-state index in [-0.39, 0.29) is 24.3 Å². The second kappa shape index (κ2) is 11.2. The molecule has 1 aliphatic heterocycles. The number of nitrogens with one attached hydrogen (secondary N) is 1. The predicted molar refractivity (Wildman–Crippen MR) is 151 cm³/mol. The van der Waals surface area contributed by atoms with Crippen LogP contribution >= 0.6 is 15.9 Å². The summed E-state index contributed by atoms with van der Waals surface area (Å²) in [5.74, 6) is -0.562. The first-order valence-corrected chi connectivity index (χ1v) is 13.4. The van der Waals surface area contributed by atoms with Gasteiger partial charge in [-0.05, 0) is 66.6 Å². The molecular weight excluding hydrogens is 547 g/mol. The van der Waals surface area contributed by atoms with Crippen LogP contribution in [0.4, 0.5) is 20.6 Å². The molecular formula is C30H28BrFN4O2. The van der Waals surface area contributed by atoms with Crippen molar-refractivity contribution in [2.24, 2.45) is 0 Å². The Labute approximate surface area is 229 Å². The topological polar surface area (TPSA) is 57.6 Å². The van der Waals surface area contributed by atoms with Crippen molar-refractivity contribution in [3.63, 3.8) is 0 Å². The fourth-order valence-electron chi connectivity index (χ4n) is 4.83. The number of hydrogen-bond acceptors (Lipinski definition) is 2. The molecule has 0 radical (unpaired) electrons. The zero-order valence-electron chi connectivity index (χ0n) is 21.0. The van der Waals surface area contributed by atoms with Crippen molar-refractivity contribution in [3.05, 3.63) is 113 Å². The summed E-state index contributed by atoms with van der Waals surface area (Å²) < 4.78 is 16.7. The van der Waals surface area contributed by atoms with Gasteiger partial charge in [-0.3, -0.25) is 9.69 Å². The maximum absolute atomic E-state index is 14.1. The molecule has 0 bridgehead atoms. The van der Waals surface area contributed by atoms with Crippen LogP contribution in [0, 0.1) is 5.82 Å². The zero-order valence-corrected chi connectivity index (χ0v) is 22.6. The first-order chi connectivity index (χ1) is 18.5. The van der Waals surface area contributed by atoms with Gasteiger partial charge in [0.15, 0.2) is 0 Å². The van der Waals surface area contributed by atoms with Gasteiger partial charge < -0.3 is 14.8 Å². The molecule has 0 fully saturated rings. The Hall–Kier alpha value is -3.91. The Morgan fingerprint density at radius 2 is 1.74 bits per heavy atom. The number of fused-ring (bicyclic) bond motifs is 3. The van der Waals surface area contributed by atoms with Crippen LogP contribution in [0.15, 0.2) is 95.6 Å². The third-order valence-corrected chi connectivity index (χ3v) is 7.14. The number of aromatic nitrogens is 1. The number of carbonyl (C=O) groups excluding carboxylic acids is 2. The smallest absolute Gasteiger partial charge is 0.316 e. The van der Waals surface area contributed by atoms with E-state index in [0.29, 0.717) is 12.2 Å². The molecule has 6 nitrogen and oxygen atoms in total. The average Bonchev–Trinajstić information content (AvgIpc) is 3.41. The number of amides is 3. The number of benzene rings is 3. The Bertz CT molecular complexity index is 1450. The highest BCUT2D eigenvalue weighted by atomic mass is 79.9. The summed E-state index contributed by atoms with van der Waals surface area (Å²) in [6, 6.07) is 24.4. The number of carbonyl (C=O) groups is 2. The number of unbranched alkanes of at least 4 members (excludes halogenated alkanes) is 1. The van der Waals surface area contributed by atoms with Gasteiger partial charge in [-0.15, -0.1) is 0 Å². The molecule has 2 heterocycles. The maximum Gasteiger partial charge on any atom is 0.322 e. The van der Waals surface area contributed by atoms with Gasteiger partial charge in [0, 0.05) is 22.9 Å². The van der Waals surface area contributed by atoms with Crippen LogP contribution in [0.5, 0.6) is 0 Å². The lowest BCUT2D eigenvalue weighted by molar-refractivity contribution is -0.119. The van der Waals surface area contributed by atoms with E-state index in [0.717, 1.165) is 39.9 Å². The standard InChI is InChI=1S/C30H28BrFN4O2/c1-2-3-17-34(30(38)33-24-9-6-8-22(31)19-24)20-28(37)36-26-11-5-4-10-25(26)35-18-7-12-27(35)29(36)21-13-15-23(32)16-14-21/h4-16,18-19,29H,2-3,17,20H2,1H3,(H,33,38). The molecule has 3 aromatic carbocycles. The molecule has 1 aliphatic rings. The van der Waals surface area contributed by atoms with Gasteiger partial charge in [-0.1, -0.05) is 59.6 Å². The largest absolute Gasteiger partial charge is 0.322 e. The van der Waals surface area contributed by atoms with E-state index in [4.69, 9.17) is 0 Å². The van der Waals surface area contributed by atoms with Crippen molar-refractivity contribution in [2.45, 2.75) is 25.8 Å². The van der Waals surface area contributed by atoms with Crippen LogP contribution in [-0.4, -0.2) is 34.5 Å². The summed E-state index contributed by atoms with van der Waals surface area (Å²) in [7, 11) is 0. The lowest BCUT2D eigenvalue weighted by atomic mass is 9.97. The zero-order chi connectivity index (χ0) is 26.6. The summed E-state index contributed by atoms with van der Waals surface area (Å²) in [6.45, 7) is 2.38. The van der Waals surface area contributed by atoms with Crippen LogP contribution in [-0.2, 0) is 4.79 Å². The van der Waals surface area contributed by atoms with Crippen molar-refractivity contribution in [2.75, 3.05) is 23.3 Å². The van der Waals surface area contributed by atoms with E-state index < -0.39 is 6.04 Å². The Kier molecular flexibility index (Phi) is 7.60. The van der Waals surface area contributed by atoms with Gasteiger partial charge in [0.2, 0.25) is 5.91 Å². The van der Waals surface area contributed by atoms with Crippen LogP contribution in [0.3, 0.4) is 0 Å². The van der Waals surface area contributed by atoms with Gasteiger partial charge in [-0.25, -0.2) is 9.18 Å². The summed E-state index contributed by atoms with van der Waals surface area (Å²) in [4.78, 5) is 30.8. The van der Waals surface area contributed by atoms with Crippen molar-refractivity contribution in [3.8, 4) is 5.69 Å². The third kappa shape index (κ3) is 5.22.